The summed E-state index contributed by atoms with van der Waals surface area (Å²) < 4.78 is 0. The molecule has 0 radical (unpaired) electrons. The topological polar surface area (TPSA) is 12.0 Å². The number of rotatable bonds is 3. The molecule has 1 fully saturated rings. The fraction of sp³-hybridized carbons (Fsp3) is 0.400. The average molecular weight is 149 g/mol. The van der Waals surface area contributed by atoms with E-state index in [0.29, 0.717) is 6.04 Å². The van der Waals surface area contributed by atoms with Crippen LogP contribution in [0.5, 0.6) is 0 Å². The van der Waals surface area contributed by atoms with E-state index in [-0.39, 0.29) is 0 Å². The molecule has 1 heteroatoms. The lowest BCUT2D eigenvalue weighted by Gasteiger charge is -2.08. The van der Waals surface area contributed by atoms with Gasteiger partial charge in [0.15, 0.2) is 0 Å². The molecule has 1 aliphatic rings. The van der Waals surface area contributed by atoms with Crippen molar-refractivity contribution in [3.05, 3.63) is 37.0 Å². The van der Waals surface area contributed by atoms with Crippen LogP contribution in [0.25, 0.3) is 0 Å². The summed E-state index contributed by atoms with van der Waals surface area (Å²) in [6, 6.07) is 0.506. The van der Waals surface area contributed by atoms with Crippen LogP contribution in [0.2, 0.25) is 0 Å². The van der Waals surface area contributed by atoms with Gasteiger partial charge in [-0.25, -0.2) is 0 Å². The summed E-state index contributed by atoms with van der Waals surface area (Å²) in [7, 11) is 0. The highest BCUT2D eigenvalue weighted by Gasteiger charge is 2.14. The summed E-state index contributed by atoms with van der Waals surface area (Å²) in [4.78, 5) is 0. The summed E-state index contributed by atoms with van der Waals surface area (Å²) >= 11 is 0. The van der Waals surface area contributed by atoms with Crippen LogP contribution in [0.1, 0.15) is 12.8 Å². The average Bonchev–Trinajstić information content (AvgIpc) is 2.52. The van der Waals surface area contributed by atoms with Crippen molar-refractivity contribution in [2.45, 2.75) is 18.9 Å². The Morgan fingerprint density at radius 2 is 2.36 bits per heavy atom. The largest absolute Gasteiger partial charge is 0.310 e. The van der Waals surface area contributed by atoms with Crippen molar-refractivity contribution >= 4 is 0 Å². The Labute approximate surface area is 68.5 Å². The molecule has 0 saturated carbocycles. The van der Waals surface area contributed by atoms with Crippen LogP contribution in [0.4, 0.5) is 0 Å². The molecule has 0 spiro atoms. The maximum absolute atomic E-state index is 3.98. The molecule has 1 aliphatic heterocycles. The van der Waals surface area contributed by atoms with Crippen LogP contribution in [-0.4, -0.2) is 12.6 Å². The van der Waals surface area contributed by atoms with E-state index in [4.69, 9.17) is 0 Å². The van der Waals surface area contributed by atoms with Gasteiger partial charge in [-0.15, -0.1) is 0 Å². The maximum atomic E-state index is 3.98. The number of hydrogen-bond acceptors (Lipinski definition) is 1. The highest BCUT2D eigenvalue weighted by Crippen LogP contribution is 2.13. The zero-order valence-electron chi connectivity index (χ0n) is 6.84. The molecular formula is C10H15N. The van der Waals surface area contributed by atoms with E-state index >= 15 is 0 Å². The van der Waals surface area contributed by atoms with Gasteiger partial charge >= 0.3 is 0 Å². The van der Waals surface area contributed by atoms with E-state index in [1.54, 1.807) is 6.08 Å². The fourth-order valence-electron chi connectivity index (χ4n) is 1.31. The third-order valence-corrected chi connectivity index (χ3v) is 1.95. The van der Waals surface area contributed by atoms with Gasteiger partial charge in [-0.05, 0) is 25.0 Å². The summed E-state index contributed by atoms with van der Waals surface area (Å²) in [5, 5.41) is 3.38. The minimum absolute atomic E-state index is 0.506. The predicted molar refractivity (Wildman–Crippen MR) is 49.5 cm³/mol. The van der Waals surface area contributed by atoms with Gasteiger partial charge in [0, 0.05) is 6.04 Å². The van der Waals surface area contributed by atoms with E-state index in [2.05, 4.69) is 18.5 Å². The zero-order valence-corrected chi connectivity index (χ0v) is 6.84. The quantitative estimate of drug-likeness (QED) is 0.605. The van der Waals surface area contributed by atoms with Gasteiger partial charge in [-0.1, -0.05) is 31.4 Å². The molecule has 0 bridgehead atoms. The van der Waals surface area contributed by atoms with Crippen molar-refractivity contribution in [1.29, 1.82) is 0 Å². The molecule has 0 amide bonds. The van der Waals surface area contributed by atoms with Crippen LogP contribution >= 0.6 is 0 Å². The highest BCUT2D eigenvalue weighted by molar-refractivity contribution is 5.24. The Bertz CT molecular complexity index is 173. The predicted octanol–water partition coefficient (Wildman–Crippen LogP) is 2.04. The van der Waals surface area contributed by atoms with Crippen LogP contribution in [-0.2, 0) is 0 Å². The lowest BCUT2D eigenvalue weighted by atomic mass is 10.1. The van der Waals surface area contributed by atoms with Gasteiger partial charge in [-0.3, -0.25) is 0 Å². The van der Waals surface area contributed by atoms with Crippen LogP contribution in [0, 0.1) is 0 Å². The van der Waals surface area contributed by atoms with E-state index in [0.717, 1.165) is 6.54 Å². The zero-order chi connectivity index (χ0) is 8.10. The summed E-state index contributed by atoms with van der Waals surface area (Å²) in [5.41, 5.74) is 1.17. The van der Waals surface area contributed by atoms with Gasteiger partial charge in [0.1, 0.15) is 0 Å². The third kappa shape index (κ3) is 2.35. The highest BCUT2D eigenvalue weighted by atomic mass is 14.9. The van der Waals surface area contributed by atoms with Crippen molar-refractivity contribution in [3.8, 4) is 0 Å². The SMILES string of the molecule is C=C/C=C\C(=C)C1CCCN1. The molecule has 1 nitrogen and oxygen atoms in total. The van der Waals surface area contributed by atoms with Crippen LogP contribution in [0.3, 0.4) is 0 Å². The Balaban J connectivity index is 2.40. The minimum Gasteiger partial charge on any atom is -0.310 e. The van der Waals surface area contributed by atoms with Crippen molar-refractivity contribution in [3.63, 3.8) is 0 Å². The first kappa shape index (κ1) is 8.28. The Morgan fingerprint density at radius 1 is 1.55 bits per heavy atom. The van der Waals surface area contributed by atoms with Gasteiger partial charge < -0.3 is 5.32 Å². The molecular weight excluding hydrogens is 134 g/mol. The molecule has 1 saturated heterocycles. The molecule has 1 rings (SSSR count). The molecule has 60 valence electrons. The summed E-state index contributed by atoms with van der Waals surface area (Å²) in [5.74, 6) is 0. The number of hydrogen-bond donors (Lipinski definition) is 1. The van der Waals surface area contributed by atoms with Crippen molar-refractivity contribution in [2.24, 2.45) is 0 Å². The molecule has 0 aromatic rings. The summed E-state index contributed by atoms with van der Waals surface area (Å²) in [6.45, 7) is 8.72. The van der Waals surface area contributed by atoms with Gasteiger partial charge in [0.25, 0.3) is 0 Å². The smallest absolute Gasteiger partial charge is 0.0314 e. The van der Waals surface area contributed by atoms with Crippen molar-refractivity contribution < 1.29 is 0 Å². The normalized spacial score (nSPS) is 24.2. The summed E-state index contributed by atoms with van der Waals surface area (Å²) in [6.07, 6.45) is 8.23. The number of nitrogens with one attached hydrogen (secondary N) is 1. The van der Waals surface area contributed by atoms with Crippen molar-refractivity contribution in [1.82, 2.24) is 5.32 Å². The first-order chi connectivity index (χ1) is 5.34. The van der Waals surface area contributed by atoms with Gasteiger partial charge in [0.05, 0.1) is 0 Å². The monoisotopic (exact) mass is 149 g/mol. The molecule has 0 aliphatic carbocycles. The fourth-order valence-corrected chi connectivity index (χ4v) is 1.31. The second kappa shape index (κ2) is 4.14. The lowest BCUT2D eigenvalue weighted by Crippen LogP contribution is -2.22. The van der Waals surface area contributed by atoms with Crippen LogP contribution in [0.15, 0.2) is 37.0 Å². The van der Waals surface area contributed by atoms with Gasteiger partial charge in [0.2, 0.25) is 0 Å². The molecule has 11 heavy (non-hydrogen) atoms. The molecule has 0 aromatic carbocycles. The standard InChI is InChI=1S/C10H15N/c1-3-4-6-9(2)10-7-5-8-11-10/h3-4,6,10-11H,1-2,5,7-8H2/b6-4-. The number of allylic oxidation sites excluding steroid dienone is 2. The maximum Gasteiger partial charge on any atom is 0.0314 e. The first-order valence-electron chi connectivity index (χ1n) is 4.06. The molecule has 1 unspecified atom stereocenters. The third-order valence-electron chi connectivity index (χ3n) is 1.95. The second-order valence-corrected chi connectivity index (χ2v) is 2.82. The van der Waals surface area contributed by atoms with Crippen molar-refractivity contribution in [2.75, 3.05) is 6.54 Å². The van der Waals surface area contributed by atoms with E-state index in [1.807, 2.05) is 12.2 Å². The Morgan fingerprint density at radius 3 is 2.91 bits per heavy atom. The minimum atomic E-state index is 0.506. The van der Waals surface area contributed by atoms with E-state index in [1.165, 1.54) is 18.4 Å². The van der Waals surface area contributed by atoms with E-state index in [9.17, 15) is 0 Å². The lowest BCUT2D eigenvalue weighted by molar-refractivity contribution is 0.705. The molecule has 0 aromatic heterocycles. The Kier molecular flexibility index (Phi) is 3.12. The molecule has 1 N–H and O–H groups in total. The molecule has 1 atom stereocenters. The molecule has 1 heterocycles. The Hall–Kier alpha value is -0.820. The van der Waals surface area contributed by atoms with Gasteiger partial charge in [-0.2, -0.15) is 0 Å². The van der Waals surface area contributed by atoms with Crippen LogP contribution < -0.4 is 5.32 Å². The first-order valence-corrected chi connectivity index (χ1v) is 4.06. The second-order valence-electron chi connectivity index (χ2n) is 2.82. The van der Waals surface area contributed by atoms with E-state index < -0.39 is 0 Å².